The molecule has 2 aliphatic carbocycles. The first-order valence-corrected chi connectivity index (χ1v) is 5.51. The molecule has 12 heavy (non-hydrogen) atoms. The Morgan fingerprint density at radius 1 is 1.33 bits per heavy atom. The number of rotatable bonds is 2. The maximum absolute atomic E-state index is 10.2. The molecule has 0 aromatic carbocycles. The molecule has 1 N–H and O–H groups in total. The van der Waals surface area contributed by atoms with E-state index in [1.165, 1.54) is 38.5 Å². The maximum atomic E-state index is 10.2. The zero-order valence-corrected chi connectivity index (χ0v) is 8.05. The van der Waals surface area contributed by atoms with E-state index in [2.05, 4.69) is 6.92 Å². The van der Waals surface area contributed by atoms with Gasteiger partial charge < -0.3 is 5.11 Å². The second kappa shape index (κ2) is 3.02. The summed E-state index contributed by atoms with van der Waals surface area (Å²) in [7, 11) is 0. The predicted octanol–water partition coefficient (Wildman–Crippen LogP) is 2.73. The highest BCUT2D eigenvalue weighted by Gasteiger charge is 2.61. The molecule has 0 radical (unpaired) electrons. The van der Waals surface area contributed by atoms with Crippen LogP contribution in [-0.2, 0) is 0 Å². The van der Waals surface area contributed by atoms with Crippen LogP contribution in [0.3, 0.4) is 0 Å². The molecule has 2 aliphatic rings. The van der Waals surface area contributed by atoms with Crippen LogP contribution in [0.2, 0.25) is 0 Å². The second-order valence-electron chi connectivity index (χ2n) is 4.59. The number of hydrogen-bond donors (Lipinski definition) is 1. The minimum absolute atomic E-state index is 0.202. The van der Waals surface area contributed by atoms with Gasteiger partial charge in [0, 0.05) is 0 Å². The summed E-state index contributed by atoms with van der Waals surface area (Å²) >= 11 is 0. The van der Waals surface area contributed by atoms with Gasteiger partial charge >= 0.3 is 0 Å². The lowest BCUT2D eigenvalue weighted by Gasteiger charge is -2.07. The first-order chi connectivity index (χ1) is 5.79. The quantitative estimate of drug-likeness (QED) is 0.672. The van der Waals surface area contributed by atoms with Crippen molar-refractivity contribution in [3.05, 3.63) is 0 Å². The van der Waals surface area contributed by atoms with E-state index in [0.29, 0.717) is 11.8 Å². The van der Waals surface area contributed by atoms with E-state index in [4.69, 9.17) is 0 Å². The zero-order valence-electron chi connectivity index (χ0n) is 8.05. The van der Waals surface area contributed by atoms with Gasteiger partial charge in [0.1, 0.15) is 0 Å². The topological polar surface area (TPSA) is 20.2 Å². The Bertz CT molecular complexity index is 160. The van der Waals surface area contributed by atoms with Crippen molar-refractivity contribution in [2.75, 3.05) is 0 Å². The Hall–Kier alpha value is -0.0400. The summed E-state index contributed by atoms with van der Waals surface area (Å²) in [5.41, 5.74) is -0.202. The van der Waals surface area contributed by atoms with Gasteiger partial charge in [-0.3, -0.25) is 0 Å². The predicted molar refractivity (Wildman–Crippen MR) is 49.9 cm³/mol. The summed E-state index contributed by atoms with van der Waals surface area (Å²) in [6, 6.07) is 0. The highest BCUT2D eigenvalue weighted by molar-refractivity contribution is 5.11. The molecule has 3 atom stereocenters. The van der Waals surface area contributed by atoms with Gasteiger partial charge in [-0.15, -0.1) is 0 Å². The largest absolute Gasteiger partial charge is 0.389 e. The Labute approximate surface area is 75.2 Å². The lowest BCUT2D eigenvalue weighted by Crippen LogP contribution is -2.11. The summed E-state index contributed by atoms with van der Waals surface area (Å²) in [6.07, 6.45) is 8.83. The van der Waals surface area contributed by atoms with Crippen molar-refractivity contribution >= 4 is 0 Å². The monoisotopic (exact) mass is 168 g/mol. The third-order valence-electron chi connectivity index (χ3n) is 3.85. The van der Waals surface area contributed by atoms with Crippen molar-refractivity contribution in [3.8, 4) is 0 Å². The first kappa shape index (κ1) is 8.55. The zero-order chi connectivity index (χ0) is 8.60. The Morgan fingerprint density at radius 3 is 2.92 bits per heavy atom. The fourth-order valence-electron chi connectivity index (χ4n) is 3.12. The third kappa shape index (κ3) is 1.19. The van der Waals surface area contributed by atoms with Crippen molar-refractivity contribution in [2.45, 2.75) is 57.5 Å². The minimum Gasteiger partial charge on any atom is -0.389 e. The molecule has 0 aromatic heterocycles. The van der Waals surface area contributed by atoms with E-state index >= 15 is 0 Å². The summed E-state index contributed by atoms with van der Waals surface area (Å²) < 4.78 is 0. The molecule has 3 unspecified atom stereocenters. The second-order valence-corrected chi connectivity index (χ2v) is 4.59. The van der Waals surface area contributed by atoms with Crippen LogP contribution in [0.1, 0.15) is 51.9 Å². The summed E-state index contributed by atoms with van der Waals surface area (Å²) in [6.45, 7) is 2.22. The lowest BCUT2D eigenvalue weighted by atomic mass is 10.1. The molecule has 1 nitrogen and oxygen atoms in total. The number of aliphatic hydroxyl groups is 1. The minimum atomic E-state index is -0.202. The van der Waals surface area contributed by atoms with Crippen LogP contribution in [0.25, 0.3) is 0 Å². The Morgan fingerprint density at radius 2 is 2.17 bits per heavy atom. The van der Waals surface area contributed by atoms with E-state index in [1.54, 1.807) is 0 Å². The average Bonchev–Trinajstić information content (AvgIpc) is 2.64. The summed E-state index contributed by atoms with van der Waals surface area (Å²) in [5, 5.41) is 10.2. The fourth-order valence-corrected chi connectivity index (χ4v) is 3.12. The van der Waals surface area contributed by atoms with Crippen LogP contribution in [0.5, 0.6) is 0 Å². The van der Waals surface area contributed by atoms with E-state index in [0.717, 1.165) is 6.42 Å². The van der Waals surface area contributed by atoms with Crippen LogP contribution >= 0.6 is 0 Å². The van der Waals surface area contributed by atoms with Crippen molar-refractivity contribution < 1.29 is 5.11 Å². The van der Waals surface area contributed by atoms with Crippen molar-refractivity contribution in [1.29, 1.82) is 0 Å². The van der Waals surface area contributed by atoms with Gasteiger partial charge in [-0.05, 0) is 31.1 Å². The van der Waals surface area contributed by atoms with E-state index < -0.39 is 0 Å². The molecule has 0 aromatic rings. The van der Waals surface area contributed by atoms with Gasteiger partial charge in [-0.1, -0.05) is 32.6 Å². The Balaban J connectivity index is 1.96. The van der Waals surface area contributed by atoms with Gasteiger partial charge in [0.05, 0.1) is 5.60 Å². The van der Waals surface area contributed by atoms with Crippen molar-refractivity contribution in [3.63, 3.8) is 0 Å². The van der Waals surface area contributed by atoms with Crippen LogP contribution in [0.4, 0.5) is 0 Å². The molecule has 2 saturated carbocycles. The standard InChI is InChI=1S/C11H20O/c1-2-6-9-10-7-4-3-5-8-11(9,10)12/h9-10,12H,2-8H2,1H3. The fraction of sp³-hybridized carbons (Fsp3) is 1.00. The molecule has 2 fully saturated rings. The third-order valence-corrected chi connectivity index (χ3v) is 3.85. The molecule has 70 valence electrons. The van der Waals surface area contributed by atoms with Gasteiger partial charge in [-0.25, -0.2) is 0 Å². The van der Waals surface area contributed by atoms with Gasteiger partial charge in [-0.2, -0.15) is 0 Å². The van der Waals surface area contributed by atoms with E-state index in [9.17, 15) is 5.11 Å². The summed E-state index contributed by atoms with van der Waals surface area (Å²) in [4.78, 5) is 0. The van der Waals surface area contributed by atoms with Gasteiger partial charge in [0.25, 0.3) is 0 Å². The first-order valence-electron chi connectivity index (χ1n) is 5.51. The molecule has 0 aliphatic heterocycles. The molecule has 0 spiro atoms. The van der Waals surface area contributed by atoms with Crippen molar-refractivity contribution in [1.82, 2.24) is 0 Å². The highest BCUT2D eigenvalue weighted by atomic mass is 16.3. The normalized spacial score (nSPS) is 46.5. The van der Waals surface area contributed by atoms with E-state index in [-0.39, 0.29) is 5.60 Å². The average molecular weight is 168 g/mol. The van der Waals surface area contributed by atoms with Gasteiger partial charge in [0.2, 0.25) is 0 Å². The smallest absolute Gasteiger partial charge is 0.0711 e. The molecule has 1 heteroatoms. The van der Waals surface area contributed by atoms with Crippen LogP contribution in [-0.4, -0.2) is 10.7 Å². The summed E-state index contributed by atoms with van der Waals surface area (Å²) in [5.74, 6) is 1.35. The maximum Gasteiger partial charge on any atom is 0.0711 e. The molecular weight excluding hydrogens is 148 g/mol. The molecule has 0 bridgehead atoms. The van der Waals surface area contributed by atoms with Crippen LogP contribution in [0.15, 0.2) is 0 Å². The number of hydrogen-bond acceptors (Lipinski definition) is 1. The van der Waals surface area contributed by atoms with Crippen molar-refractivity contribution in [2.24, 2.45) is 11.8 Å². The van der Waals surface area contributed by atoms with Crippen LogP contribution in [0, 0.1) is 11.8 Å². The molecule has 0 heterocycles. The highest BCUT2D eigenvalue weighted by Crippen LogP contribution is 2.59. The SMILES string of the molecule is CCCC1C2CCCCCC12O. The molecule has 0 amide bonds. The van der Waals surface area contributed by atoms with Crippen LogP contribution < -0.4 is 0 Å². The molecule has 2 rings (SSSR count). The van der Waals surface area contributed by atoms with Gasteiger partial charge in [0.15, 0.2) is 0 Å². The number of fused-ring (bicyclic) bond motifs is 1. The molecular formula is C11H20O. The lowest BCUT2D eigenvalue weighted by molar-refractivity contribution is 0.107. The Kier molecular flexibility index (Phi) is 2.16. The molecule has 0 saturated heterocycles. The van der Waals surface area contributed by atoms with E-state index in [1.807, 2.05) is 0 Å².